The van der Waals surface area contributed by atoms with Crippen molar-refractivity contribution in [2.75, 3.05) is 0 Å². The van der Waals surface area contributed by atoms with Gasteiger partial charge < -0.3 is 0 Å². The molecule has 1 rings (SSSR count). The van der Waals surface area contributed by atoms with Gasteiger partial charge in [0.2, 0.25) is 0 Å². The molecule has 18 heavy (non-hydrogen) atoms. The first-order chi connectivity index (χ1) is 8.12. The van der Waals surface area contributed by atoms with E-state index in [9.17, 15) is 13.0 Å². The van der Waals surface area contributed by atoms with Crippen LogP contribution in [0, 0.1) is 11.6 Å². The highest BCUT2D eigenvalue weighted by molar-refractivity contribution is 9.10. The molecule has 0 aliphatic carbocycles. The maximum absolute atomic E-state index is 13.4. The summed E-state index contributed by atoms with van der Waals surface area (Å²) < 4.78 is 40.9. The lowest BCUT2D eigenvalue weighted by Crippen LogP contribution is -2.34. The van der Waals surface area contributed by atoms with Gasteiger partial charge in [0.25, 0.3) is 0 Å². The monoisotopic (exact) mass is 339 g/mol. The average molecular weight is 340 g/mol. The molecule has 0 fully saturated rings. The fraction of sp³-hybridized carbons (Fsp3) is 0.500. The number of benzene rings is 1. The van der Waals surface area contributed by atoms with Crippen LogP contribution in [-0.4, -0.2) is 8.96 Å². The van der Waals surface area contributed by atoms with E-state index in [-0.39, 0.29) is 4.47 Å². The van der Waals surface area contributed by atoms with Gasteiger partial charge in [-0.3, -0.25) is 0 Å². The summed E-state index contributed by atoms with van der Waals surface area (Å²) in [5.74, 6) is -1.33. The van der Waals surface area contributed by atoms with Crippen LogP contribution >= 0.6 is 15.9 Å². The van der Waals surface area contributed by atoms with E-state index in [1.165, 1.54) is 12.1 Å². The van der Waals surface area contributed by atoms with Crippen molar-refractivity contribution in [2.45, 2.75) is 38.5 Å². The highest BCUT2D eigenvalue weighted by Gasteiger charge is 2.22. The van der Waals surface area contributed by atoms with Gasteiger partial charge >= 0.3 is 0 Å². The zero-order valence-corrected chi connectivity index (χ0v) is 13.1. The van der Waals surface area contributed by atoms with Crippen LogP contribution < -0.4 is 4.72 Å². The van der Waals surface area contributed by atoms with Gasteiger partial charge in [-0.05, 0) is 61.3 Å². The van der Waals surface area contributed by atoms with Gasteiger partial charge in [-0.15, -0.1) is 0 Å². The van der Waals surface area contributed by atoms with E-state index < -0.39 is 33.4 Å². The molecule has 0 radical (unpaired) electrons. The van der Waals surface area contributed by atoms with Gasteiger partial charge in [0.05, 0.1) is 20.2 Å². The summed E-state index contributed by atoms with van der Waals surface area (Å²) >= 11 is 2.81. The number of nitrogens with one attached hydrogen (secondary N) is 1. The van der Waals surface area contributed by atoms with Crippen molar-refractivity contribution in [1.29, 1.82) is 0 Å². The Balaban J connectivity index is 2.92. The molecule has 2 nitrogen and oxygen atoms in total. The number of hydrogen-bond acceptors (Lipinski definition) is 1. The Morgan fingerprint density at radius 2 is 1.72 bits per heavy atom. The lowest BCUT2D eigenvalue weighted by Gasteiger charge is -2.22. The molecule has 1 N–H and O–H groups in total. The van der Waals surface area contributed by atoms with Crippen LogP contribution in [0.15, 0.2) is 16.6 Å². The van der Waals surface area contributed by atoms with Crippen molar-refractivity contribution < 1.29 is 13.0 Å². The van der Waals surface area contributed by atoms with Gasteiger partial charge in [0.1, 0.15) is 11.6 Å². The van der Waals surface area contributed by atoms with E-state index in [1.54, 1.807) is 6.92 Å². The molecule has 0 saturated heterocycles. The third-order valence-electron chi connectivity index (χ3n) is 2.35. The molecule has 0 heterocycles. The van der Waals surface area contributed by atoms with E-state index in [4.69, 9.17) is 0 Å². The first-order valence-electron chi connectivity index (χ1n) is 5.45. The van der Waals surface area contributed by atoms with Crippen molar-refractivity contribution in [1.82, 2.24) is 4.72 Å². The second kappa shape index (κ2) is 5.75. The largest absolute Gasteiger partial charge is 0.242 e. The molecule has 0 unspecified atom stereocenters. The van der Waals surface area contributed by atoms with Crippen molar-refractivity contribution in [2.24, 2.45) is 0 Å². The van der Waals surface area contributed by atoms with Crippen molar-refractivity contribution in [3.05, 3.63) is 33.8 Å². The highest BCUT2D eigenvalue weighted by atomic mass is 79.9. The minimum Gasteiger partial charge on any atom is -0.242 e. The summed E-state index contributed by atoms with van der Waals surface area (Å²) in [5.41, 5.74) is 0.422. The fourth-order valence-corrected chi connectivity index (χ4v) is 2.27. The van der Waals surface area contributed by atoms with Crippen molar-refractivity contribution >= 4 is 26.9 Å². The van der Waals surface area contributed by atoms with E-state index >= 15 is 0 Å². The van der Waals surface area contributed by atoms with E-state index in [0.29, 0.717) is 5.56 Å². The predicted octanol–water partition coefficient (Wildman–Crippen LogP) is 3.84. The second-order valence-corrected chi connectivity index (χ2v) is 7.81. The van der Waals surface area contributed by atoms with Crippen LogP contribution in [0.5, 0.6) is 0 Å². The first-order valence-corrected chi connectivity index (χ1v) is 7.39. The molecule has 0 saturated carbocycles. The molecule has 0 spiro atoms. The molecule has 0 amide bonds. The van der Waals surface area contributed by atoms with Crippen LogP contribution in [0.1, 0.15) is 39.3 Å². The number of hydrogen-bond donors (Lipinski definition) is 1. The van der Waals surface area contributed by atoms with Crippen LogP contribution in [-0.2, 0) is 11.0 Å². The molecular formula is C12H16BrF2NOS. The Morgan fingerprint density at radius 1 is 1.28 bits per heavy atom. The third-order valence-corrected chi connectivity index (χ3v) is 4.78. The van der Waals surface area contributed by atoms with Gasteiger partial charge in [-0.2, -0.15) is 0 Å². The van der Waals surface area contributed by atoms with Crippen LogP contribution in [0.2, 0.25) is 0 Å². The maximum Gasteiger partial charge on any atom is 0.140 e. The molecule has 102 valence electrons. The van der Waals surface area contributed by atoms with Gasteiger partial charge in [0, 0.05) is 6.04 Å². The van der Waals surface area contributed by atoms with Gasteiger partial charge in [0.15, 0.2) is 0 Å². The van der Waals surface area contributed by atoms with Crippen LogP contribution in [0.3, 0.4) is 0 Å². The fourth-order valence-electron chi connectivity index (χ4n) is 1.23. The summed E-state index contributed by atoms with van der Waals surface area (Å²) in [5, 5.41) is 0. The summed E-state index contributed by atoms with van der Waals surface area (Å²) in [6.07, 6.45) is 0. The zero-order chi connectivity index (χ0) is 14.1. The van der Waals surface area contributed by atoms with Crippen molar-refractivity contribution in [3.63, 3.8) is 0 Å². The molecule has 1 aromatic rings. The summed E-state index contributed by atoms with van der Waals surface area (Å²) in [4.78, 5) is 0. The Hall–Kier alpha value is -0.330. The highest BCUT2D eigenvalue weighted by Crippen LogP contribution is 2.25. The smallest absolute Gasteiger partial charge is 0.140 e. The average Bonchev–Trinajstić information content (AvgIpc) is 2.23. The molecule has 0 aromatic heterocycles. The molecule has 0 aliphatic heterocycles. The Kier molecular flexibility index (Phi) is 5.03. The summed E-state index contributed by atoms with van der Waals surface area (Å²) in [7, 11) is -1.29. The topological polar surface area (TPSA) is 29.1 Å². The lowest BCUT2D eigenvalue weighted by atomic mass is 10.1. The molecular weight excluding hydrogens is 324 g/mol. The molecule has 0 bridgehead atoms. The lowest BCUT2D eigenvalue weighted by molar-refractivity contribution is 0.560. The minimum absolute atomic E-state index is 0.185. The van der Waals surface area contributed by atoms with Gasteiger partial charge in [-0.1, -0.05) is 0 Å². The Bertz CT molecular complexity index is 451. The van der Waals surface area contributed by atoms with Crippen LogP contribution in [0.4, 0.5) is 8.78 Å². The minimum atomic E-state index is -1.29. The molecule has 1 aromatic carbocycles. The summed E-state index contributed by atoms with van der Waals surface area (Å²) in [6, 6.07) is 2.05. The standard InChI is InChI=1S/C12H16BrF2NOS/c1-7(16-18(17)12(2,3)4)8-5-9(14)11(13)10(15)6-8/h5-7,16H,1-4H3/t7-,18+/m1/s1. The Morgan fingerprint density at radius 3 is 2.11 bits per heavy atom. The first kappa shape index (κ1) is 15.7. The Labute approximate surface area is 117 Å². The van der Waals surface area contributed by atoms with Crippen molar-refractivity contribution in [3.8, 4) is 0 Å². The zero-order valence-electron chi connectivity index (χ0n) is 10.7. The predicted molar refractivity (Wildman–Crippen MR) is 73.5 cm³/mol. The molecule has 2 atom stereocenters. The number of halogens is 3. The van der Waals surface area contributed by atoms with E-state index in [0.717, 1.165) is 0 Å². The second-order valence-electron chi connectivity index (χ2n) is 5.02. The third kappa shape index (κ3) is 3.83. The van der Waals surface area contributed by atoms with E-state index in [1.807, 2.05) is 20.8 Å². The van der Waals surface area contributed by atoms with Crippen LogP contribution in [0.25, 0.3) is 0 Å². The normalized spacial score (nSPS) is 15.5. The number of rotatable bonds is 3. The van der Waals surface area contributed by atoms with E-state index in [2.05, 4.69) is 20.7 Å². The molecule has 0 aliphatic rings. The SMILES string of the molecule is C[C@@H](N[S@@](=O)C(C)(C)C)c1cc(F)c(Br)c(F)c1. The maximum atomic E-state index is 13.4. The van der Waals surface area contributed by atoms with Gasteiger partial charge in [-0.25, -0.2) is 17.7 Å². The molecule has 6 heteroatoms. The quantitative estimate of drug-likeness (QED) is 0.833. The summed E-state index contributed by atoms with van der Waals surface area (Å²) in [6.45, 7) is 7.19.